The number of para-hydroxylation sites is 1. The van der Waals surface area contributed by atoms with Gasteiger partial charge in [-0.3, -0.25) is 4.79 Å². The van der Waals surface area contributed by atoms with E-state index in [9.17, 15) is 4.79 Å². The molecule has 1 N–H and O–H groups in total. The number of hydrogen-bond acceptors (Lipinski definition) is 3. The number of amides is 1. The third-order valence-corrected chi connectivity index (χ3v) is 4.18. The maximum absolute atomic E-state index is 12.5. The summed E-state index contributed by atoms with van der Waals surface area (Å²) >= 11 is 5.91. The van der Waals surface area contributed by atoms with Crippen molar-refractivity contribution < 1.29 is 13.9 Å². The molecule has 25 heavy (non-hydrogen) atoms. The Morgan fingerprint density at radius 1 is 1.16 bits per heavy atom. The van der Waals surface area contributed by atoms with Crippen LogP contribution in [0.15, 0.2) is 59.0 Å². The standard InChI is InChI=1S/C20H18ClNO3/c1-13-17(11-19(25-13)14-7-9-16(21)10-8-14)20(23)22-12-15-5-3-4-6-18(15)24-2/h3-11H,12H2,1-2H3,(H,22,23). The number of hydrogen-bond donors (Lipinski definition) is 1. The van der Waals surface area contributed by atoms with Crippen molar-refractivity contribution in [3.05, 3.63) is 76.5 Å². The van der Waals surface area contributed by atoms with Crippen LogP contribution in [0.3, 0.4) is 0 Å². The number of benzene rings is 2. The summed E-state index contributed by atoms with van der Waals surface area (Å²) in [6, 6.07) is 16.6. The lowest BCUT2D eigenvalue weighted by molar-refractivity contribution is 0.0949. The Hall–Kier alpha value is -2.72. The predicted octanol–water partition coefficient (Wildman–Crippen LogP) is 4.85. The summed E-state index contributed by atoms with van der Waals surface area (Å²) in [6.07, 6.45) is 0. The highest BCUT2D eigenvalue weighted by Crippen LogP contribution is 2.26. The minimum absolute atomic E-state index is 0.188. The van der Waals surface area contributed by atoms with Gasteiger partial charge in [0.15, 0.2) is 0 Å². The van der Waals surface area contributed by atoms with Gasteiger partial charge in [0.25, 0.3) is 5.91 Å². The van der Waals surface area contributed by atoms with Crippen LogP contribution in [-0.2, 0) is 6.54 Å². The molecule has 2 aromatic carbocycles. The van der Waals surface area contributed by atoms with Crippen molar-refractivity contribution in [1.82, 2.24) is 5.32 Å². The summed E-state index contributed by atoms with van der Waals surface area (Å²) in [6.45, 7) is 2.15. The average molecular weight is 356 g/mol. The average Bonchev–Trinajstić information content (AvgIpc) is 3.02. The molecule has 0 aliphatic rings. The quantitative estimate of drug-likeness (QED) is 0.712. The van der Waals surface area contributed by atoms with Crippen LogP contribution in [0.5, 0.6) is 5.75 Å². The van der Waals surface area contributed by atoms with Crippen LogP contribution in [0.25, 0.3) is 11.3 Å². The number of nitrogens with one attached hydrogen (secondary N) is 1. The van der Waals surface area contributed by atoms with Crippen LogP contribution in [0.1, 0.15) is 21.7 Å². The fraction of sp³-hybridized carbons (Fsp3) is 0.150. The maximum atomic E-state index is 12.5. The van der Waals surface area contributed by atoms with E-state index >= 15 is 0 Å². The lowest BCUT2D eigenvalue weighted by Crippen LogP contribution is -2.23. The van der Waals surface area contributed by atoms with Gasteiger partial charge in [-0.25, -0.2) is 0 Å². The minimum Gasteiger partial charge on any atom is -0.496 e. The van der Waals surface area contributed by atoms with Gasteiger partial charge in [-0.05, 0) is 43.3 Å². The van der Waals surface area contributed by atoms with Crippen molar-refractivity contribution in [1.29, 1.82) is 0 Å². The molecule has 0 saturated carbocycles. The van der Waals surface area contributed by atoms with Crippen LogP contribution < -0.4 is 10.1 Å². The van der Waals surface area contributed by atoms with Crippen molar-refractivity contribution in [3.8, 4) is 17.1 Å². The van der Waals surface area contributed by atoms with Crippen molar-refractivity contribution in [2.45, 2.75) is 13.5 Å². The second-order valence-corrected chi connectivity index (χ2v) is 6.02. The van der Waals surface area contributed by atoms with E-state index in [2.05, 4.69) is 5.32 Å². The Bertz CT molecular complexity index is 884. The summed E-state index contributed by atoms with van der Waals surface area (Å²) in [7, 11) is 1.61. The SMILES string of the molecule is COc1ccccc1CNC(=O)c1cc(-c2ccc(Cl)cc2)oc1C. The van der Waals surface area contributed by atoms with Gasteiger partial charge in [0.2, 0.25) is 0 Å². The summed E-state index contributed by atoms with van der Waals surface area (Å²) in [5.41, 5.74) is 2.30. The molecular weight excluding hydrogens is 338 g/mol. The number of methoxy groups -OCH3 is 1. The molecule has 5 heteroatoms. The van der Waals surface area contributed by atoms with Crippen LogP contribution in [0.4, 0.5) is 0 Å². The van der Waals surface area contributed by atoms with Gasteiger partial charge >= 0.3 is 0 Å². The van der Waals surface area contributed by atoms with Crippen LogP contribution in [0.2, 0.25) is 5.02 Å². The lowest BCUT2D eigenvalue weighted by Gasteiger charge is -2.09. The first-order valence-electron chi connectivity index (χ1n) is 7.85. The van der Waals surface area contributed by atoms with Crippen molar-refractivity contribution in [2.24, 2.45) is 0 Å². The Kier molecular flexibility index (Phi) is 5.10. The largest absolute Gasteiger partial charge is 0.496 e. The number of carbonyl (C=O) groups is 1. The molecule has 128 valence electrons. The van der Waals surface area contributed by atoms with Gasteiger partial charge in [0.05, 0.1) is 12.7 Å². The predicted molar refractivity (Wildman–Crippen MR) is 98.1 cm³/mol. The Balaban J connectivity index is 1.75. The van der Waals surface area contributed by atoms with Crippen LogP contribution in [0, 0.1) is 6.92 Å². The van der Waals surface area contributed by atoms with Crippen molar-refractivity contribution in [3.63, 3.8) is 0 Å². The van der Waals surface area contributed by atoms with E-state index in [1.54, 1.807) is 32.2 Å². The molecule has 1 aromatic heterocycles. The molecule has 0 fully saturated rings. The molecule has 4 nitrogen and oxygen atoms in total. The van der Waals surface area contributed by atoms with E-state index in [-0.39, 0.29) is 5.91 Å². The summed E-state index contributed by atoms with van der Waals surface area (Å²) in [5, 5.41) is 3.56. The van der Waals surface area contributed by atoms with E-state index in [1.165, 1.54) is 0 Å². The van der Waals surface area contributed by atoms with Crippen LogP contribution in [-0.4, -0.2) is 13.0 Å². The Labute approximate surface area is 151 Å². The zero-order valence-corrected chi connectivity index (χ0v) is 14.8. The molecule has 0 spiro atoms. The monoisotopic (exact) mass is 355 g/mol. The van der Waals surface area contributed by atoms with E-state index in [0.717, 1.165) is 16.9 Å². The topological polar surface area (TPSA) is 51.5 Å². The van der Waals surface area contributed by atoms with Gasteiger partial charge in [-0.15, -0.1) is 0 Å². The van der Waals surface area contributed by atoms with E-state index < -0.39 is 0 Å². The number of furan rings is 1. The molecule has 0 aliphatic heterocycles. The molecule has 0 unspecified atom stereocenters. The second-order valence-electron chi connectivity index (χ2n) is 5.58. The summed E-state index contributed by atoms with van der Waals surface area (Å²) in [5.74, 6) is 1.76. The van der Waals surface area contributed by atoms with Crippen molar-refractivity contribution >= 4 is 17.5 Å². The van der Waals surface area contributed by atoms with E-state index in [4.69, 9.17) is 20.8 Å². The highest BCUT2D eigenvalue weighted by molar-refractivity contribution is 6.30. The van der Waals surface area contributed by atoms with Gasteiger partial charge in [0, 0.05) is 22.7 Å². The molecule has 0 aliphatic carbocycles. The fourth-order valence-corrected chi connectivity index (χ4v) is 2.71. The normalized spacial score (nSPS) is 10.5. The van der Waals surface area contributed by atoms with Crippen LogP contribution >= 0.6 is 11.6 Å². The number of aryl methyl sites for hydroxylation is 1. The third kappa shape index (κ3) is 3.86. The molecule has 1 heterocycles. The van der Waals surface area contributed by atoms with Crippen molar-refractivity contribution in [2.75, 3.05) is 7.11 Å². The second kappa shape index (κ2) is 7.45. The molecule has 0 saturated heterocycles. The minimum atomic E-state index is -0.188. The van der Waals surface area contributed by atoms with Gasteiger partial charge in [0.1, 0.15) is 17.3 Å². The highest BCUT2D eigenvalue weighted by atomic mass is 35.5. The Morgan fingerprint density at radius 2 is 1.88 bits per heavy atom. The first-order chi connectivity index (χ1) is 12.1. The lowest BCUT2D eigenvalue weighted by atomic mass is 10.1. The molecule has 0 bridgehead atoms. The third-order valence-electron chi connectivity index (χ3n) is 3.92. The molecule has 0 atom stereocenters. The first kappa shape index (κ1) is 17.1. The molecular formula is C20H18ClNO3. The highest BCUT2D eigenvalue weighted by Gasteiger charge is 2.16. The molecule has 3 aromatic rings. The van der Waals surface area contributed by atoms with Gasteiger partial charge < -0.3 is 14.5 Å². The molecule has 1 amide bonds. The van der Waals surface area contributed by atoms with Gasteiger partial charge in [-0.2, -0.15) is 0 Å². The number of rotatable bonds is 5. The smallest absolute Gasteiger partial charge is 0.255 e. The number of carbonyl (C=O) groups excluding carboxylic acids is 1. The van der Waals surface area contributed by atoms with E-state index in [0.29, 0.717) is 28.7 Å². The van der Waals surface area contributed by atoms with E-state index in [1.807, 2.05) is 36.4 Å². The fourth-order valence-electron chi connectivity index (χ4n) is 2.58. The molecule has 0 radical (unpaired) electrons. The first-order valence-corrected chi connectivity index (χ1v) is 8.22. The zero-order chi connectivity index (χ0) is 17.8. The summed E-state index contributed by atoms with van der Waals surface area (Å²) in [4.78, 5) is 12.5. The molecule has 3 rings (SSSR count). The maximum Gasteiger partial charge on any atom is 0.255 e. The number of halogens is 1. The Morgan fingerprint density at radius 3 is 2.60 bits per heavy atom. The van der Waals surface area contributed by atoms with Gasteiger partial charge in [-0.1, -0.05) is 29.8 Å². The summed E-state index contributed by atoms with van der Waals surface area (Å²) < 4.78 is 11.0. The zero-order valence-electron chi connectivity index (χ0n) is 14.0. The number of ether oxygens (including phenoxy) is 1.